The van der Waals surface area contributed by atoms with Crippen LogP contribution >= 0.6 is 0 Å². The fourth-order valence-electron chi connectivity index (χ4n) is 1.52. The van der Waals surface area contributed by atoms with Crippen molar-refractivity contribution in [1.82, 2.24) is 4.90 Å². The van der Waals surface area contributed by atoms with Gasteiger partial charge in [-0.05, 0) is 24.5 Å². The average molecular weight is 253 g/mol. The number of hydrogen-bond acceptors (Lipinski definition) is 3. The summed E-state index contributed by atoms with van der Waals surface area (Å²) in [4.78, 5) is 24.2. The standard InChI is InChI=1S/C13H19NO4/c1-10(2)5-7-14(8-6-12(15)16)13(17)11-4-3-9-18-11/h3-4,9-10H,5-8H2,1-2H3,(H,15,16). The maximum absolute atomic E-state index is 12.1. The number of nitrogens with zero attached hydrogens (tertiary/aromatic N) is 1. The fourth-order valence-corrected chi connectivity index (χ4v) is 1.52. The molecule has 0 unspecified atom stereocenters. The molecule has 0 saturated heterocycles. The number of rotatable bonds is 7. The molecule has 0 aromatic carbocycles. The maximum atomic E-state index is 12.1. The van der Waals surface area contributed by atoms with Gasteiger partial charge in [0.1, 0.15) is 0 Å². The molecule has 0 fully saturated rings. The number of amides is 1. The minimum absolute atomic E-state index is 0.0510. The van der Waals surface area contributed by atoms with E-state index in [2.05, 4.69) is 13.8 Å². The van der Waals surface area contributed by atoms with E-state index in [0.29, 0.717) is 12.5 Å². The van der Waals surface area contributed by atoms with Crippen molar-refractivity contribution in [2.45, 2.75) is 26.7 Å². The predicted molar refractivity (Wildman–Crippen MR) is 66.3 cm³/mol. The smallest absolute Gasteiger partial charge is 0.305 e. The molecule has 1 amide bonds. The van der Waals surface area contributed by atoms with Crippen LogP contribution in [-0.4, -0.2) is 35.0 Å². The van der Waals surface area contributed by atoms with Crippen LogP contribution in [0.1, 0.15) is 37.2 Å². The van der Waals surface area contributed by atoms with Crippen molar-refractivity contribution in [3.05, 3.63) is 24.2 Å². The topological polar surface area (TPSA) is 70.8 Å². The summed E-state index contributed by atoms with van der Waals surface area (Å²) in [5.74, 6) is -0.440. The van der Waals surface area contributed by atoms with Crippen molar-refractivity contribution < 1.29 is 19.1 Å². The van der Waals surface area contributed by atoms with Crippen LogP contribution in [0.5, 0.6) is 0 Å². The normalized spacial score (nSPS) is 10.6. The summed E-state index contributed by atoms with van der Waals surface area (Å²) in [6, 6.07) is 3.23. The SMILES string of the molecule is CC(C)CCN(CCC(=O)O)C(=O)c1ccco1. The molecule has 5 heteroatoms. The van der Waals surface area contributed by atoms with Crippen LogP contribution < -0.4 is 0 Å². The van der Waals surface area contributed by atoms with Gasteiger partial charge >= 0.3 is 5.97 Å². The predicted octanol–water partition coefficient (Wildman–Crippen LogP) is 2.24. The summed E-state index contributed by atoms with van der Waals surface area (Å²) in [5.41, 5.74) is 0. The summed E-state index contributed by atoms with van der Waals surface area (Å²) in [6.45, 7) is 4.88. The molecule has 0 bridgehead atoms. The highest BCUT2D eigenvalue weighted by Crippen LogP contribution is 2.09. The van der Waals surface area contributed by atoms with Crippen molar-refractivity contribution >= 4 is 11.9 Å². The van der Waals surface area contributed by atoms with Gasteiger partial charge in [0.25, 0.3) is 5.91 Å². The Morgan fingerprint density at radius 2 is 2.11 bits per heavy atom. The number of carboxylic acids is 1. The van der Waals surface area contributed by atoms with E-state index in [0.717, 1.165) is 6.42 Å². The molecule has 0 atom stereocenters. The molecule has 18 heavy (non-hydrogen) atoms. The van der Waals surface area contributed by atoms with Gasteiger partial charge in [0.05, 0.1) is 12.7 Å². The van der Waals surface area contributed by atoms with E-state index in [9.17, 15) is 9.59 Å². The first kappa shape index (κ1) is 14.3. The van der Waals surface area contributed by atoms with E-state index in [4.69, 9.17) is 9.52 Å². The molecule has 1 aromatic heterocycles. The molecule has 5 nitrogen and oxygen atoms in total. The molecule has 100 valence electrons. The molecular formula is C13H19NO4. The number of hydrogen-bond donors (Lipinski definition) is 1. The number of aliphatic carboxylic acids is 1. The molecule has 0 aliphatic heterocycles. The highest BCUT2D eigenvalue weighted by molar-refractivity contribution is 5.91. The maximum Gasteiger partial charge on any atom is 0.305 e. The van der Waals surface area contributed by atoms with Gasteiger partial charge in [0, 0.05) is 13.1 Å². The molecule has 1 heterocycles. The molecule has 0 radical (unpaired) electrons. The Balaban J connectivity index is 2.63. The summed E-state index contributed by atoms with van der Waals surface area (Å²) in [5, 5.41) is 8.69. The van der Waals surface area contributed by atoms with Crippen LogP contribution in [0.2, 0.25) is 0 Å². The summed E-state index contributed by atoms with van der Waals surface area (Å²) >= 11 is 0. The second kappa shape index (κ2) is 6.83. The van der Waals surface area contributed by atoms with Crippen LogP contribution in [-0.2, 0) is 4.79 Å². The third kappa shape index (κ3) is 4.61. The van der Waals surface area contributed by atoms with E-state index in [1.165, 1.54) is 11.2 Å². The monoisotopic (exact) mass is 253 g/mol. The second-order valence-corrected chi connectivity index (χ2v) is 4.60. The Morgan fingerprint density at radius 3 is 2.61 bits per heavy atom. The molecule has 0 aliphatic carbocycles. The van der Waals surface area contributed by atoms with Crippen LogP contribution in [0.25, 0.3) is 0 Å². The van der Waals surface area contributed by atoms with Gasteiger partial charge in [-0.3, -0.25) is 9.59 Å². The Bertz CT molecular complexity index is 384. The summed E-state index contributed by atoms with van der Waals surface area (Å²) in [6.07, 6.45) is 2.22. The van der Waals surface area contributed by atoms with Crippen molar-refractivity contribution in [3.8, 4) is 0 Å². The fraction of sp³-hybridized carbons (Fsp3) is 0.538. The third-order valence-electron chi connectivity index (χ3n) is 2.59. The minimum Gasteiger partial charge on any atom is -0.481 e. The largest absolute Gasteiger partial charge is 0.481 e. The van der Waals surface area contributed by atoms with E-state index >= 15 is 0 Å². The van der Waals surface area contributed by atoms with Gasteiger partial charge in [0.2, 0.25) is 0 Å². The second-order valence-electron chi connectivity index (χ2n) is 4.60. The van der Waals surface area contributed by atoms with Gasteiger partial charge in [-0.25, -0.2) is 0 Å². The lowest BCUT2D eigenvalue weighted by atomic mass is 10.1. The Morgan fingerprint density at radius 1 is 1.39 bits per heavy atom. The van der Waals surface area contributed by atoms with Crippen molar-refractivity contribution in [2.24, 2.45) is 5.92 Å². The Hall–Kier alpha value is -1.78. The van der Waals surface area contributed by atoms with Gasteiger partial charge in [-0.15, -0.1) is 0 Å². The van der Waals surface area contributed by atoms with Crippen LogP contribution in [0.4, 0.5) is 0 Å². The zero-order valence-corrected chi connectivity index (χ0v) is 10.8. The molecule has 1 aromatic rings. The number of furan rings is 1. The number of carbonyl (C=O) groups is 2. The van der Waals surface area contributed by atoms with Crippen LogP contribution in [0, 0.1) is 5.92 Å². The summed E-state index contributed by atoms with van der Waals surface area (Å²) < 4.78 is 5.05. The zero-order chi connectivity index (χ0) is 13.5. The third-order valence-corrected chi connectivity index (χ3v) is 2.59. The first-order valence-corrected chi connectivity index (χ1v) is 6.05. The summed E-state index contributed by atoms with van der Waals surface area (Å²) in [7, 11) is 0. The molecular weight excluding hydrogens is 234 g/mol. The van der Waals surface area contributed by atoms with Gasteiger partial charge in [-0.1, -0.05) is 13.8 Å². The van der Waals surface area contributed by atoms with Crippen LogP contribution in [0.15, 0.2) is 22.8 Å². The number of carbonyl (C=O) groups excluding carboxylic acids is 1. The minimum atomic E-state index is -0.906. The quantitative estimate of drug-likeness (QED) is 0.809. The Kier molecular flexibility index (Phi) is 5.42. The van der Waals surface area contributed by atoms with Crippen LogP contribution in [0.3, 0.4) is 0 Å². The number of carboxylic acid groups (broad SMARTS) is 1. The Labute approximate surface area is 106 Å². The van der Waals surface area contributed by atoms with Crippen molar-refractivity contribution in [2.75, 3.05) is 13.1 Å². The first-order valence-electron chi connectivity index (χ1n) is 6.05. The molecule has 0 saturated carbocycles. The lowest BCUT2D eigenvalue weighted by Gasteiger charge is -2.21. The van der Waals surface area contributed by atoms with Gasteiger partial charge in [0.15, 0.2) is 5.76 Å². The first-order chi connectivity index (χ1) is 8.50. The van der Waals surface area contributed by atoms with E-state index in [-0.39, 0.29) is 24.6 Å². The zero-order valence-electron chi connectivity index (χ0n) is 10.8. The van der Waals surface area contributed by atoms with E-state index < -0.39 is 5.97 Å². The average Bonchev–Trinajstić information content (AvgIpc) is 2.81. The van der Waals surface area contributed by atoms with E-state index in [1.54, 1.807) is 12.1 Å². The lowest BCUT2D eigenvalue weighted by Crippen LogP contribution is -2.34. The highest BCUT2D eigenvalue weighted by Gasteiger charge is 2.19. The van der Waals surface area contributed by atoms with Crippen molar-refractivity contribution in [3.63, 3.8) is 0 Å². The van der Waals surface area contributed by atoms with Crippen molar-refractivity contribution in [1.29, 1.82) is 0 Å². The van der Waals surface area contributed by atoms with Gasteiger partial charge < -0.3 is 14.4 Å². The molecule has 0 spiro atoms. The molecule has 1 N–H and O–H groups in total. The molecule has 0 aliphatic rings. The highest BCUT2D eigenvalue weighted by atomic mass is 16.4. The van der Waals surface area contributed by atoms with Gasteiger partial charge in [-0.2, -0.15) is 0 Å². The molecule has 1 rings (SSSR count). The van der Waals surface area contributed by atoms with E-state index in [1.807, 2.05) is 0 Å². The lowest BCUT2D eigenvalue weighted by molar-refractivity contribution is -0.137.